The zero-order chi connectivity index (χ0) is 7.84. The fourth-order valence-corrected chi connectivity index (χ4v) is 0.830. The summed E-state index contributed by atoms with van der Waals surface area (Å²) < 4.78 is 28.4. The average Bonchev–Trinajstić information content (AvgIpc) is 2.68. The quantitative estimate of drug-likeness (QED) is 0.663. The molecule has 0 amide bonds. The van der Waals surface area contributed by atoms with Crippen molar-refractivity contribution in [2.45, 2.75) is 25.2 Å². The molecule has 1 aromatic heterocycles. The molecule has 3 nitrogen and oxygen atoms in total. The third-order valence-electron chi connectivity index (χ3n) is 1.57. The largest absolute Gasteiger partial charge is 0.419 e. The first-order valence-corrected chi connectivity index (χ1v) is 3.39. The summed E-state index contributed by atoms with van der Waals surface area (Å²) in [4.78, 5) is 0. The van der Waals surface area contributed by atoms with Gasteiger partial charge in [-0.1, -0.05) is 0 Å². The van der Waals surface area contributed by atoms with E-state index in [0.717, 1.165) is 12.8 Å². The average molecular weight is 160 g/mol. The molecular formula is C6H6F2N2O. The van der Waals surface area contributed by atoms with Crippen LogP contribution in [-0.2, 0) is 0 Å². The Morgan fingerprint density at radius 2 is 2.09 bits per heavy atom. The van der Waals surface area contributed by atoms with Crippen LogP contribution in [0.1, 0.15) is 37.0 Å². The SMILES string of the molecule is FC(F)c1nnc(C2CC2)o1. The second kappa shape index (κ2) is 2.25. The Hall–Kier alpha value is -1.00. The monoisotopic (exact) mass is 160 g/mol. The van der Waals surface area contributed by atoms with Crippen molar-refractivity contribution in [3.8, 4) is 0 Å². The molecule has 0 unspecified atom stereocenters. The molecule has 1 aliphatic rings. The minimum Gasteiger partial charge on any atom is -0.419 e. The van der Waals surface area contributed by atoms with Crippen molar-refractivity contribution in [1.29, 1.82) is 0 Å². The molecule has 5 heteroatoms. The summed E-state index contributed by atoms with van der Waals surface area (Å²) in [5.74, 6) is 0.0437. The topological polar surface area (TPSA) is 38.9 Å². The maximum atomic E-state index is 11.9. The van der Waals surface area contributed by atoms with Gasteiger partial charge in [0.2, 0.25) is 5.89 Å². The van der Waals surface area contributed by atoms with Crippen molar-refractivity contribution in [2.75, 3.05) is 0 Å². The van der Waals surface area contributed by atoms with E-state index in [1.165, 1.54) is 0 Å². The van der Waals surface area contributed by atoms with Crippen molar-refractivity contribution in [2.24, 2.45) is 0 Å². The summed E-state index contributed by atoms with van der Waals surface area (Å²) in [5.41, 5.74) is 0. The number of rotatable bonds is 2. The van der Waals surface area contributed by atoms with Gasteiger partial charge in [-0.2, -0.15) is 8.78 Å². The second-order valence-electron chi connectivity index (χ2n) is 2.55. The Morgan fingerprint density at radius 3 is 2.55 bits per heavy atom. The van der Waals surface area contributed by atoms with E-state index in [1.54, 1.807) is 0 Å². The van der Waals surface area contributed by atoms with Crippen molar-refractivity contribution in [3.05, 3.63) is 11.8 Å². The van der Waals surface area contributed by atoms with E-state index < -0.39 is 12.3 Å². The number of aromatic nitrogens is 2. The van der Waals surface area contributed by atoms with Crippen LogP contribution < -0.4 is 0 Å². The first-order chi connectivity index (χ1) is 5.27. The minimum absolute atomic E-state index is 0.245. The van der Waals surface area contributed by atoms with Gasteiger partial charge in [0.25, 0.3) is 5.89 Å². The molecule has 0 radical (unpaired) electrons. The van der Waals surface area contributed by atoms with Gasteiger partial charge in [0, 0.05) is 5.92 Å². The van der Waals surface area contributed by atoms with Gasteiger partial charge in [0.15, 0.2) is 0 Å². The summed E-state index contributed by atoms with van der Waals surface area (Å²) >= 11 is 0. The van der Waals surface area contributed by atoms with Gasteiger partial charge in [0.1, 0.15) is 0 Å². The van der Waals surface area contributed by atoms with Crippen LogP contribution in [-0.4, -0.2) is 10.2 Å². The fourth-order valence-electron chi connectivity index (χ4n) is 0.830. The summed E-state index contributed by atoms with van der Waals surface area (Å²) in [7, 11) is 0. The molecule has 1 heterocycles. The van der Waals surface area contributed by atoms with Crippen molar-refractivity contribution in [3.63, 3.8) is 0 Å². The normalized spacial score (nSPS) is 17.7. The predicted molar refractivity (Wildman–Crippen MR) is 31.2 cm³/mol. The van der Waals surface area contributed by atoms with Crippen molar-refractivity contribution in [1.82, 2.24) is 10.2 Å². The molecular weight excluding hydrogens is 154 g/mol. The zero-order valence-corrected chi connectivity index (χ0v) is 5.63. The Kier molecular flexibility index (Phi) is 1.37. The molecule has 0 spiro atoms. The molecule has 1 fully saturated rings. The van der Waals surface area contributed by atoms with Crippen LogP contribution in [0.4, 0.5) is 8.78 Å². The summed E-state index contributed by atoms with van der Waals surface area (Å²) in [6.07, 6.45) is -0.689. The Balaban J connectivity index is 2.18. The van der Waals surface area contributed by atoms with Gasteiger partial charge in [-0.05, 0) is 12.8 Å². The van der Waals surface area contributed by atoms with Crippen LogP contribution >= 0.6 is 0 Å². The highest BCUT2D eigenvalue weighted by Crippen LogP contribution is 2.39. The molecule has 2 rings (SSSR count). The molecule has 60 valence electrons. The van der Waals surface area contributed by atoms with E-state index in [4.69, 9.17) is 4.42 Å². The lowest BCUT2D eigenvalue weighted by molar-refractivity contribution is 0.113. The molecule has 0 aliphatic heterocycles. The van der Waals surface area contributed by atoms with E-state index in [1.807, 2.05) is 0 Å². The predicted octanol–water partition coefficient (Wildman–Crippen LogP) is 1.88. The van der Waals surface area contributed by atoms with Gasteiger partial charge in [-0.3, -0.25) is 0 Å². The van der Waals surface area contributed by atoms with E-state index in [9.17, 15) is 8.78 Å². The van der Waals surface area contributed by atoms with Crippen LogP contribution in [0.25, 0.3) is 0 Å². The van der Waals surface area contributed by atoms with Crippen LogP contribution in [0.2, 0.25) is 0 Å². The van der Waals surface area contributed by atoms with E-state index in [0.29, 0.717) is 5.89 Å². The molecule has 1 saturated carbocycles. The van der Waals surface area contributed by atoms with Gasteiger partial charge in [0.05, 0.1) is 0 Å². The Bertz CT molecular complexity index is 240. The number of alkyl halides is 2. The van der Waals surface area contributed by atoms with Crippen LogP contribution in [0.5, 0.6) is 0 Å². The van der Waals surface area contributed by atoms with Gasteiger partial charge >= 0.3 is 6.43 Å². The smallest absolute Gasteiger partial charge is 0.314 e. The van der Waals surface area contributed by atoms with Crippen LogP contribution in [0, 0.1) is 0 Å². The number of hydrogen-bond donors (Lipinski definition) is 0. The molecule has 0 saturated heterocycles. The molecule has 0 aromatic carbocycles. The minimum atomic E-state index is -2.64. The summed E-state index contributed by atoms with van der Waals surface area (Å²) in [6.45, 7) is 0. The zero-order valence-electron chi connectivity index (χ0n) is 5.63. The Morgan fingerprint density at radius 1 is 1.36 bits per heavy atom. The number of nitrogens with zero attached hydrogens (tertiary/aromatic N) is 2. The summed E-state index contributed by atoms with van der Waals surface area (Å²) in [5, 5.41) is 6.71. The van der Waals surface area contributed by atoms with Crippen molar-refractivity contribution >= 4 is 0 Å². The maximum absolute atomic E-state index is 11.9. The highest BCUT2D eigenvalue weighted by atomic mass is 19.3. The highest BCUT2D eigenvalue weighted by molar-refractivity contribution is 5.00. The summed E-state index contributed by atoms with van der Waals surface area (Å²) in [6, 6.07) is 0. The van der Waals surface area contributed by atoms with Crippen LogP contribution in [0.3, 0.4) is 0 Å². The second-order valence-corrected chi connectivity index (χ2v) is 2.55. The maximum Gasteiger partial charge on any atom is 0.314 e. The lowest BCUT2D eigenvalue weighted by Gasteiger charge is -1.86. The lowest BCUT2D eigenvalue weighted by atomic mass is 10.4. The number of halogens is 2. The third-order valence-corrected chi connectivity index (χ3v) is 1.57. The van der Waals surface area contributed by atoms with Gasteiger partial charge in [-0.25, -0.2) is 0 Å². The third kappa shape index (κ3) is 1.22. The van der Waals surface area contributed by atoms with Crippen LogP contribution in [0.15, 0.2) is 4.42 Å². The molecule has 0 N–H and O–H groups in total. The van der Waals surface area contributed by atoms with Gasteiger partial charge < -0.3 is 4.42 Å². The van der Waals surface area contributed by atoms with E-state index in [-0.39, 0.29) is 5.92 Å². The van der Waals surface area contributed by atoms with E-state index in [2.05, 4.69) is 10.2 Å². The van der Waals surface area contributed by atoms with E-state index >= 15 is 0 Å². The Labute approximate surface area is 61.4 Å². The number of hydrogen-bond acceptors (Lipinski definition) is 3. The standard InChI is InChI=1S/C6H6F2N2O/c7-4(8)6-10-9-5(11-6)3-1-2-3/h3-4H,1-2H2. The molecule has 11 heavy (non-hydrogen) atoms. The van der Waals surface area contributed by atoms with Crippen molar-refractivity contribution < 1.29 is 13.2 Å². The highest BCUT2D eigenvalue weighted by Gasteiger charge is 2.30. The molecule has 1 aliphatic carbocycles. The lowest BCUT2D eigenvalue weighted by Crippen LogP contribution is -1.81. The first-order valence-electron chi connectivity index (χ1n) is 3.39. The molecule has 1 aromatic rings. The molecule has 0 atom stereocenters. The fraction of sp³-hybridized carbons (Fsp3) is 0.667. The van der Waals surface area contributed by atoms with Gasteiger partial charge in [-0.15, -0.1) is 10.2 Å². The molecule has 0 bridgehead atoms. The first kappa shape index (κ1) is 6.69.